The van der Waals surface area contributed by atoms with Crippen LogP contribution in [0.25, 0.3) is 0 Å². The average molecular weight is 408 g/mol. The van der Waals surface area contributed by atoms with Gasteiger partial charge in [-0.15, -0.1) is 0 Å². The van der Waals surface area contributed by atoms with Gasteiger partial charge in [-0.25, -0.2) is 4.79 Å². The van der Waals surface area contributed by atoms with E-state index in [2.05, 4.69) is 30.4 Å². The third-order valence-electron chi connectivity index (χ3n) is 4.51. The van der Waals surface area contributed by atoms with E-state index >= 15 is 0 Å². The van der Waals surface area contributed by atoms with Crippen LogP contribution in [0.1, 0.15) is 30.5 Å². The van der Waals surface area contributed by atoms with Crippen molar-refractivity contribution >= 4 is 17.6 Å². The highest BCUT2D eigenvalue weighted by Crippen LogP contribution is 2.26. The van der Waals surface area contributed by atoms with Crippen LogP contribution in [0.5, 0.6) is 0 Å². The van der Waals surface area contributed by atoms with E-state index in [1.165, 1.54) is 11.1 Å². The van der Waals surface area contributed by atoms with Gasteiger partial charge in [-0.3, -0.25) is 4.79 Å². The van der Waals surface area contributed by atoms with Gasteiger partial charge in [0.25, 0.3) is 0 Å². The van der Waals surface area contributed by atoms with Crippen LogP contribution in [0.2, 0.25) is 0 Å². The molecule has 3 rings (SSSR count). The molecular weight excluding hydrogens is 385 g/mol. The minimum atomic E-state index is -5.08. The number of alkyl halides is 3. The molecule has 0 bridgehead atoms. The molecule has 0 spiro atoms. The number of aliphatic carboxylic acids is 1. The van der Waals surface area contributed by atoms with E-state index in [0.717, 1.165) is 25.1 Å². The van der Waals surface area contributed by atoms with E-state index in [-0.39, 0.29) is 11.9 Å². The van der Waals surface area contributed by atoms with Gasteiger partial charge in [0, 0.05) is 18.3 Å². The van der Waals surface area contributed by atoms with E-state index < -0.39 is 12.1 Å². The number of halogens is 3. The normalized spacial score (nSPS) is 14.3. The Kier molecular flexibility index (Phi) is 7.78. The molecule has 0 radical (unpaired) electrons. The molecule has 1 aliphatic rings. The first kappa shape index (κ1) is 22.4. The van der Waals surface area contributed by atoms with E-state index in [0.29, 0.717) is 6.54 Å². The summed E-state index contributed by atoms with van der Waals surface area (Å²) in [6.45, 7) is 3.27. The molecule has 29 heavy (non-hydrogen) atoms. The summed E-state index contributed by atoms with van der Waals surface area (Å²) in [6.07, 6.45) is -2.98. The molecule has 0 saturated carbocycles. The average Bonchev–Trinajstić information content (AvgIpc) is 2.71. The van der Waals surface area contributed by atoms with Crippen molar-refractivity contribution in [3.63, 3.8) is 0 Å². The first-order chi connectivity index (χ1) is 13.7. The van der Waals surface area contributed by atoms with Crippen LogP contribution < -0.4 is 10.2 Å². The van der Waals surface area contributed by atoms with Crippen LogP contribution >= 0.6 is 0 Å². The van der Waals surface area contributed by atoms with Gasteiger partial charge in [-0.1, -0.05) is 48.5 Å². The van der Waals surface area contributed by atoms with Crippen LogP contribution in [0.15, 0.2) is 54.6 Å². The van der Waals surface area contributed by atoms with Crippen molar-refractivity contribution in [3.05, 3.63) is 65.7 Å². The largest absolute Gasteiger partial charge is 0.490 e. The first-order valence-electron chi connectivity index (χ1n) is 9.17. The topological polar surface area (TPSA) is 69.6 Å². The van der Waals surface area contributed by atoms with Gasteiger partial charge in [0.05, 0.1) is 6.54 Å². The quantitative estimate of drug-likeness (QED) is 0.804. The third kappa shape index (κ3) is 6.60. The zero-order valence-electron chi connectivity index (χ0n) is 15.9. The molecule has 2 aromatic rings. The third-order valence-corrected chi connectivity index (χ3v) is 4.51. The number of nitrogens with zero attached hydrogens (tertiary/aromatic N) is 1. The smallest absolute Gasteiger partial charge is 0.475 e. The number of hydrogen-bond donors (Lipinski definition) is 2. The minimum Gasteiger partial charge on any atom is -0.475 e. The lowest BCUT2D eigenvalue weighted by atomic mass is 10.0. The Bertz CT molecular complexity index is 825. The van der Waals surface area contributed by atoms with E-state index in [4.69, 9.17) is 9.90 Å². The number of anilines is 1. The Hall–Kier alpha value is -2.87. The predicted molar refractivity (Wildman–Crippen MR) is 104 cm³/mol. The number of aryl methyl sites for hydroxylation is 1. The number of para-hydroxylation sites is 1. The van der Waals surface area contributed by atoms with Crippen molar-refractivity contribution in [1.82, 2.24) is 5.32 Å². The van der Waals surface area contributed by atoms with Gasteiger partial charge in [0.15, 0.2) is 0 Å². The summed E-state index contributed by atoms with van der Waals surface area (Å²) in [4.78, 5) is 23.4. The summed E-state index contributed by atoms with van der Waals surface area (Å²) in [6, 6.07) is 18.6. The molecule has 156 valence electrons. The number of carboxylic acid groups (broad SMARTS) is 1. The van der Waals surface area contributed by atoms with Crippen molar-refractivity contribution in [1.29, 1.82) is 0 Å². The molecule has 8 heteroatoms. The van der Waals surface area contributed by atoms with Gasteiger partial charge in [-0.05, 0) is 37.0 Å². The molecular formula is C21H23F3N2O3. The van der Waals surface area contributed by atoms with Crippen molar-refractivity contribution < 1.29 is 27.9 Å². The molecule has 2 aromatic carbocycles. The van der Waals surface area contributed by atoms with Crippen molar-refractivity contribution in [2.24, 2.45) is 0 Å². The molecule has 0 fully saturated rings. The molecule has 5 nitrogen and oxygen atoms in total. The van der Waals surface area contributed by atoms with Crippen LogP contribution in [0.3, 0.4) is 0 Å². The van der Waals surface area contributed by atoms with E-state index in [9.17, 15) is 18.0 Å². The maximum Gasteiger partial charge on any atom is 0.490 e. The lowest BCUT2D eigenvalue weighted by Gasteiger charge is -2.30. The summed E-state index contributed by atoms with van der Waals surface area (Å²) in [5.74, 6) is -2.61. The van der Waals surface area contributed by atoms with Gasteiger partial charge in [-0.2, -0.15) is 13.2 Å². The summed E-state index contributed by atoms with van der Waals surface area (Å²) in [7, 11) is 0. The monoisotopic (exact) mass is 408 g/mol. The van der Waals surface area contributed by atoms with Gasteiger partial charge < -0.3 is 15.3 Å². The predicted octanol–water partition coefficient (Wildman–Crippen LogP) is 3.95. The number of carbonyl (C=O) groups excluding carboxylic acids is 1. The maximum atomic E-state index is 12.6. The molecule has 2 N–H and O–H groups in total. The number of hydrogen-bond acceptors (Lipinski definition) is 3. The number of benzene rings is 2. The molecule has 1 aliphatic heterocycles. The SMILES string of the molecule is C[C@@H](NCC(=O)N1CCCc2ccccc21)c1ccccc1.O=C(O)C(F)(F)F. The summed E-state index contributed by atoms with van der Waals surface area (Å²) < 4.78 is 31.7. The fourth-order valence-corrected chi connectivity index (χ4v) is 2.99. The fraction of sp³-hybridized carbons (Fsp3) is 0.333. The summed E-state index contributed by atoms with van der Waals surface area (Å²) in [5, 5.41) is 10.5. The highest BCUT2D eigenvalue weighted by atomic mass is 19.4. The van der Waals surface area contributed by atoms with Crippen molar-refractivity contribution in [2.45, 2.75) is 32.0 Å². The van der Waals surface area contributed by atoms with Crippen molar-refractivity contribution in [2.75, 3.05) is 18.0 Å². The van der Waals surface area contributed by atoms with Crippen LogP contribution in [0, 0.1) is 0 Å². The summed E-state index contributed by atoms with van der Waals surface area (Å²) >= 11 is 0. The Morgan fingerprint density at radius 1 is 1.10 bits per heavy atom. The molecule has 0 aliphatic carbocycles. The van der Waals surface area contributed by atoms with Gasteiger partial charge >= 0.3 is 12.1 Å². The second kappa shape index (κ2) is 10.1. The maximum absolute atomic E-state index is 12.6. The van der Waals surface area contributed by atoms with Gasteiger partial charge in [0.1, 0.15) is 0 Å². The van der Waals surface area contributed by atoms with Crippen LogP contribution in [0.4, 0.5) is 18.9 Å². The minimum absolute atomic E-state index is 0.148. The highest BCUT2D eigenvalue weighted by molar-refractivity contribution is 5.96. The lowest BCUT2D eigenvalue weighted by Crippen LogP contribution is -2.41. The zero-order chi connectivity index (χ0) is 21.4. The molecule has 1 heterocycles. The number of rotatable bonds is 4. The Balaban J connectivity index is 0.000000370. The second-order valence-electron chi connectivity index (χ2n) is 6.59. The standard InChI is InChI=1S/C19H22N2O.C2HF3O2/c1-15(16-8-3-2-4-9-16)20-14-19(22)21-13-7-11-17-10-5-6-12-18(17)21;3-2(4,5)1(6)7/h2-6,8-10,12,15,20H,7,11,13-14H2,1H3;(H,6,7)/t15-;/m1./s1. The zero-order valence-corrected chi connectivity index (χ0v) is 15.9. The number of carbonyl (C=O) groups is 2. The Morgan fingerprint density at radius 3 is 2.31 bits per heavy atom. The molecule has 0 saturated heterocycles. The fourth-order valence-electron chi connectivity index (χ4n) is 2.99. The number of nitrogens with one attached hydrogen (secondary N) is 1. The number of fused-ring (bicyclic) bond motifs is 1. The van der Waals surface area contributed by atoms with Crippen LogP contribution in [-0.2, 0) is 16.0 Å². The van der Waals surface area contributed by atoms with E-state index in [1.54, 1.807) is 0 Å². The second-order valence-corrected chi connectivity index (χ2v) is 6.59. The molecule has 0 unspecified atom stereocenters. The highest BCUT2D eigenvalue weighted by Gasteiger charge is 2.38. The molecule has 1 atom stereocenters. The van der Waals surface area contributed by atoms with Crippen LogP contribution in [-0.4, -0.2) is 36.2 Å². The lowest BCUT2D eigenvalue weighted by molar-refractivity contribution is -0.192. The van der Waals surface area contributed by atoms with Gasteiger partial charge in [0.2, 0.25) is 5.91 Å². The van der Waals surface area contributed by atoms with Crippen molar-refractivity contribution in [3.8, 4) is 0 Å². The number of carboxylic acids is 1. The molecule has 1 amide bonds. The summed E-state index contributed by atoms with van der Waals surface area (Å²) in [5.41, 5.74) is 3.56. The Morgan fingerprint density at radius 2 is 1.69 bits per heavy atom. The number of amides is 1. The Labute approximate surface area is 167 Å². The molecule has 0 aromatic heterocycles. The first-order valence-corrected chi connectivity index (χ1v) is 9.17. The van der Waals surface area contributed by atoms with E-state index in [1.807, 2.05) is 41.3 Å².